The molecule has 1 amide bonds. The minimum Gasteiger partial charge on any atom is -0.497 e. The third-order valence-electron chi connectivity index (χ3n) is 4.83. The zero-order chi connectivity index (χ0) is 21.9. The molecule has 0 aliphatic heterocycles. The molecule has 6 nitrogen and oxygen atoms in total. The van der Waals surface area contributed by atoms with Gasteiger partial charge >= 0.3 is 0 Å². The molecule has 0 spiro atoms. The van der Waals surface area contributed by atoms with E-state index in [1.54, 1.807) is 62.6 Å². The van der Waals surface area contributed by atoms with E-state index in [9.17, 15) is 13.2 Å². The smallest absolute Gasteiger partial charge is 0.262 e. The van der Waals surface area contributed by atoms with Gasteiger partial charge in [-0.1, -0.05) is 18.2 Å². The Bertz CT molecular complexity index is 1200. The minimum atomic E-state index is -3.86. The summed E-state index contributed by atoms with van der Waals surface area (Å²) in [5.74, 6) is 0.198. The van der Waals surface area contributed by atoms with Gasteiger partial charge in [0.05, 0.1) is 12.0 Å². The summed E-state index contributed by atoms with van der Waals surface area (Å²) < 4.78 is 33.7. The lowest BCUT2D eigenvalue weighted by Gasteiger charge is -2.13. The molecular weight excluding hydrogens is 400 g/mol. The molecule has 0 radical (unpaired) electrons. The first-order valence-corrected chi connectivity index (χ1v) is 10.8. The van der Waals surface area contributed by atoms with E-state index in [1.807, 2.05) is 19.9 Å². The summed E-state index contributed by atoms with van der Waals surface area (Å²) in [4.78, 5) is 12.7. The van der Waals surface area contributed by atoms with Gasteiger partial charge in [0, 0.05) is 23.0 Å². The van der Waals surface area contributed by atoms with Gasteiger partial charge in [-0.2, -0.15) is 0 Å². The third-order valence-corrected chi connectivity index (χ3v) is 6.35. The lowest BCUT2D eigenvalue weighted by Crippen LogP contribution is -2.17. The number of nitrogens with one attached hydrogen (secondary N) is 2. The number of carbonyl (C=O) groups excluding carboxylic acids is 1. The summed E-state index contributed by atoms with van der Waals surface area (Å²) in [7, 11) is -2.32. The Balaban J connectivity index is 1.87. The molecule has 0 saturated carbocycles. The van der Waals surface area contributed by atoms with E-state index in [2.05, 4.69) is 10.0 Å². The Labute approximate surface area is 177 Å². The number of aryl methyl sites for hydroxylation is 3. The lowest BCUT2D eigenvalue weighted by atomic mass is 10.1. The lowest BCUT2D eigenvalue weighted by molar-refractivity contribution is 0.102. The van der Waals surface area contributed by atoms with E-state index in [-0.39, 0.29) is 10.5 Å². The van der Waals surface area contributed by atoms with Crippen molar-refractivity contribution in [3.8, 4) is 5.75 Å². The van der Waals surface area contributed by atoms with Crippen molar-refractivity contribution < 1.29 is 17.9 Å². The highest BCUT2D eigenvalue weighted by atomic mass is 32.2. The van der Waals surface area contributed by atoms with Crippen molar-refractivity contribution in [2.75, 3.05) is 17.1 Å². The fourth-order valence-electron chi connectivity index (χ4n) is 2.95. The molecule has 3 aromatic rings. The first-order valence-electron chi connectivity index (χ1n) is 9.36. The van der Waals surface area contributed by atoms with Crippen molar-refractivity contribution in [1.29, 1.82) is 0 Å². The van der Waals surface area contributed by atoms with Crippen LogP contribution in [0, 0.1) is 20.8 Å². The molecule has 7 heteroatoms. The molecule has 156 valence electrons. The fourth-order valence-corrected chi connectivity index (χ4v) is 4.27. The van der Waals surface area contributed by atoms with E-state index in [0.717, 1.165) is 11.1 Å². The zero-order valence-electron chi connectivity index (χ0n) is 17.3. The number of anilines is 2. The summed E-state index contributed by atoms with van der Waals surface area (Å²) in [6, 6.07) is 16.9. The minimum absolute atomic E-state index is 0.0546. The number of sulfonamides is 1. The number of methoxy groups -OCH3 is 1. The highest BCUT2D eigenvalue weighted by Gasteiger charge is 2.20. The Kier molecular flexibility index (Phi) is 6.12. The highest BCUT2D eigenvalue weighted by Crippen LogP contribution is 2.23. The monoisotopic (exact) mass is 424 g/mol. The van der Waals surface area contributed by atoms with Crippen LogP contribution in [0.15, 0.2) is 65.6 Å². The Hall–Kier alpha value is -3.32. The van der Waals surface area contributed by atoms with Crippen LogP contribution in [0.5, 0.6) is 5.75 Å². The van der Waals surface area contributed by atoms with Crippen LogP contribution >= 0.6 is 0 Å². The van der Waals surface area contributed by atoms with Crippen LogP contribution in [0.1, 0.15) is 27.0 Å². The summed E-state index contributed by atoms with van der Waals surface area (Å²) in [5.41, 5.74) is 3.87. The quantitative estimate of drug-likeness (QED) is 0.602. The van der Waals surface area contributed by atoms with E-state index < -0.39 is 15.9 Å². The van der Waals surface area contributed by atoms with E-state index >= 15 is 0 Å². The summed E-state index contributed by atoms with van der Waals surface area (Å²) in [5, 5.41) is 2.76. The van der Waals surface area contributed by atoms with Crippen molar-refractivity contribution in [3.05, 3.63) is 82.9 Å². The summed E-state index contributed by atoms with van der Waals surface area (Å²) in [6.07, 6.45) is 0. The Morgan fingerprint density at radius 2 is 1.57 bits per heavy atom. The number of rotatable bonds is 6. The maximum absolute atomic E-state index is 13.0. The summed E-state index contributed by atoms with van der Waals surface area (Å²) >= 11 is 0. The van der Waals surface area contributed by atoms with E-state index in [0.29, 0.717) is 22.7 Å². The fraction of sp³-hybridized carbons (Fsp3) is 0.174. The van der Waals surface area contributed by atoms with Crippen LogP contribution in [0.4, 0.5) is 11.4 Å². The average Bonchev–Trinajstić information content (AvgIpc) is 2.70. The molecule has 0 bridgehead atoms. The molecule has 0 aliphatic rings. The van der Waals surface area contributed by atoms with E-state index in [4.69, 9.17) is 4.74 Å². The van der Waals surface area contributed by atoms with Gasteiger partial charge in [0.2, 0.25) is 0 Å². The molecular formula is C23H24N2O4S. The van der Waals surface area contributed by atoms with Gasteiger partial charge in [-0.3, -0.25) is 9.52 Å². The van der Waals surface area contributed by atoms with Crippen LogP contribution in [0.3, 0.4) is 0 Å². The third kappa shape index (κ3) is 4.80. The van der Waals surface area contributed by atoms with Gasteiger partial charge in [-0.05, 0) is 73.9 Å². The van der Waals surface area contributed by atoms with Crippen LogP contribution < -0.4 is 14.8 Å². The molecule has 0 aliphatic carbocycles. The molecule has 2 N–H and O–H groups in total. The molecule has 0 fully saturated rings. The van der Waals surface area contributed by atoms with Gasteiger partial charge in [0.25, 0.3) is 15.9 Å². The second-order valence-electron chi connectivity index (χ2n) is 7.07. The highest BCUT2D eigenvalue weighted by molar-refractivity contribution is 7.92. The van der Waals surface area contributed by atoms with Gasteiger partial charge in [-0.15, -0.1) is 0 Å². The van der Waals surface area contributed by atoms with Crippen molar-refractivity contribution >= 4 is 27.3 Å². The van der Waals surface area contributed by atoms with Gasteiger partial charge < -0.3 is 10.1 Å². The Morgan fingerprint density at radius 1 is 0.833 bits per heavy atom. The second-order valence-corrected chi connectivity index (χ2v) is 8.72. The standard InChI is InChI=1S/C23H24N2O4S/c1-15-9-11-20(12-17(15)3)25-30(27,28)22-13-18(10-8-16(22)2)23(26)24-19-6-5-7-21(14-19)29-4/h5-14,25H,1-4H3,(H,24,26). The number of hydrogen-bond acceptors (Lipinski definition) is 4. The summed E-state index contributed by atoms with van der Waals surface area (Å²) in [6.45, 7) is 5.57. The molecule has 30 heavy (non-hydrogen) atoms. The zero-order valence-corrected chi connectivity index (χ0v) is 18.1. The number of hydrogen-bond donors (Lipinski definition) is 2. The number of carbonyl (C=O) groups is 1. The predicted octanol–water partition coefficient (Wildman–Crippen LogP) is 4.67. The first-order chi connectivity index (χ1) is 14.2. The van der Waals surface area contributed by atoms with Crippen molar-refractivity contribution in [2.45, 2.75) is 25.7 Å². The largest absolute Gasteiger partial charge is 0.497 e. The number of amides is 1. The van der Waals surface area contributed by atoms with Gasteiger partial charge in [-0.25, -0.2) is 8.42 Å². The number of ether oxygens (including phenoxy) is 1. The maximum Gasteiger partial charge on any atom is 0.262 e. The molecule has 0 aromatic heterocycles. The normalized spacial score (nSPS) is 11.1. The van der Waals surface area contributed by atoms with Crippen LogP contribution in [-0.2, 0) is 10.0 Å². The molecule has 0 unspecified atom stereocenters. The predicted molar refractivity (Wildman–Crippen MR) is 119 cm³/mol. The second kappa shape index (κ2) is 8.59. The topological polar surface area (TPSA) is 84.5 Å². The van der Waals surface area contributed by atoms with E-state index in [1.165, 1.54) is 6.07 Å². The number of benzene rings is 3. The average molecular weight is 425 g/mol. The molecule has 0 atom stereocenters. The maximum atomic E-state index is 13.0. The SMILES string of the molecule is COc1cccc(NC(=O)c2ccc(C)c(S(=O)(=O)Nc3ccc(C)c(C)c3)c2)c1. The van der Waals surface area contributed by atoms with Gasteiger partial charge in [0.15, 0.2) is 0 Å². The van der Waals surface area contributed by atoms with Crippen molar-refractivity contribution in [2.24, 2.45) is 0 Å². The van der Waals surface area contributed by atoms with Crippen molar-refractivity contribution in [3.63, 3.8) is 0 Å². The van der Waals surface area contributed by atoms with Crippen LogP contribution in [-0.4, -0.2) is 21.4 Å². The molecule has 3 aromatic carbocycles. The molecule has 0 heterocycles. The van der Waals surface area contributed by atoms with Crippen LogP contribution in [0.25, 0.3) is 0 Å². The molecule has 0 saturated heterocycles. The van der Waals surface area contributed by atoms with Gasteiger partial charge in [0.1, 0.15) is 5.75 Å². The first kappa shape index (κ1) is 21.4. The Morgan fingerprint density at radius 3 is 2.27 bits per heavy atom. The van der Waals surface area contributed by atoms with Crippen molar-refractivity contribution in [1.82, 2.24) is 0 Å². The van der Waals surface area contributed by atoms with Crippen LogP contribution in [0.2, 0.25) is 0 Å². The molecule has 3 rings (SSSR count).